The van der Waals surface area contributed by atoms with Crippen molar-refractivity contribution in [3.05, 3.63) is 40.9 Å². The molecule has 0 aromatic heterocycles. The van der Waals surface area contributed by atoms with Gasteiger partial charge in [0, 0.05) is 24.1 Å². The summed E-state index contributed by atoms with van der Waals surface area (Å²) in [5, 5.41) is 6.02. The van der Waals surface area contributed by atoms with E-state index in [4.69, 9.17) is 21.1 Å². The SMILES string of the molecule is COc1cc(NC(=O)CNc2cc(S(C)(=O)=O)ccc2C)c(OC)cc1Cl. The van der Waals surface area contributed by atoms with Gasteiger partial charge >= 0.3 is 0 Å². The molecule has 0 fully saturated rings. The molecule has 0 aliphatic carbocycles. The van der Waals surface area contributed by atoms with Gasteiger partial charge in [0.05, 0.1) is 36.4 Å². The normalized spacial score (nSPS) is 11.0. The summed E-state index contributed by atoms with van der Waals surface area (Å²) in [6, 6.07) is 7.83. The molecule has 2 N–H and O–H groups in total. The highest BCUT2D eigenvalue weighted by Crippen LogP contribution is 2.35. The summed E-state index contributed by atoms with van der Waals surface area (Å²) in [6.45, 7) is 1.75. The molecule has 0 unspecified atom stereocenters. The second-order valence-electron chi connectivity index (χ2n) is 5.84. The van der Waals surface area contributed by atoms with Gasteiger partial charge in [-0.05, 0) is 24.6 Å². The van der Waals surface area contributed by atoms with Crippen LogP contribution in [0.25, 0.3) is 0 Å². The molecule has 1 amide bonds. The predicted octanol–water partition coefficient (Wildman–Crippen LogP) is 3.12. The maximum absolute atomic E-state index is 12.3. The zero-order valence-electron chi connectivity index (χ0n) is 15.4. The monoisotopic (exact) mass is 412 g/mol. The zero-order chi connectivity index (χ0) is 20.2. The summed E-state index contributed by atoms with van der Waals surface area (Å²) in [7, 11) is -0.398. The Morgan fingerprint density at radius 2 is 1.74 bits per heavy atom. The predicted molar refractivity (Wildman–Crippen MR) is 106 cm³/mol. The second kappa shape index (κ2) is 8.49. The summed E-state index contributed by atoms with van der Waals surface area (Å²) in [6.07, 6.45) is 1.13. The Morgan fingerprint density at radius 3 is 2.33 bits per heavy atom. The van der Waals surface area contributed by atoms with Crippen LogP contribution < -0.4 is 20.1 Å². The molecule has 27 heavy (non-hydrogen) atoms. The summed E-state index contributed by atoms with van der Waals surface area (Å²) in [5.41, 5.74) is 1.79. The van der Waals surface area contributed by atoms with Gasteiger partial charge in [-0.15, -0.1) is 0 Å². The number of halogens is 1. The van der Waals surface area contributed by atoms with Gasteiger partial charge in [0.2, 0.25) is 5.91 Å². The van der Waals surface area contributed by atoms with Crippen LogP contribution in [-0.2, 0) is 14.6 Å². The first-order valence-electron chi connectivity index (χ1n) is 7.91. The maximum atomic E-state index is 12.3. The minimum Gasteiger partial charge on any atom is -0.495 e. The number of sulfone groups is 1. The Bertz CT molecular complexity index is 960. The lowest BCUT2D eigenvalue weighted by molar-refractivity contribution is -0.114. The van der Waals surface area contributed by atoms with Crippen molar-refractivity contribution in [2.75, 3.05) is 37.7 Å². The third-order valence-corrected chi connectivity index (χ3v) is 5.23. The van der Waals surface area contributed by atoms with Crippen molar-refractivity contribution < 1.29 is 22.7 Å². The minimum absolute atomic E-state index is 0.0673. The molecule has 0 heterocycles. The van der Waals surface area contributed by atoms with E-state index in [0.29, 0.717) is 27.9 Å². The number of hydrogen-bond acceptors (Lipinski definition) is 6. The number of carbonyl (C=O) groups is 1. The minimum atomic E-state index is -3.33. The maximum Gasteiger partial charge on any atom is 0.243 e. The summed E-state index contributed by atoms with van der Waals surface area (Å²) in [5.74, 6) is 0.448. The van der Waals surface area contributed by atoms with E-state index in [1.807, 2.05) is 6.92 Å². The molecule has 2 rings (SSSR count). The van der Waals surface area contributed by atoms with Gasteiger partial charge in [-0.3, -0.25) is 4.79 Å². The van der Waals surface area contributed by atoms with Crippen LogP contribution in [0.1, 0.15) is 5.56 Å². The fourth-order valence-corrected chi connectivity index (χ4v) is 3.23. The van der Waals surface area contributed by atoms with Crippen molar-refractivity contribution in [3.63, 3.8) is 0 Å². The van der Waals surface area contributed by atoms with Gasteiger partial charge in [-0.25, -0.2) is 8.42 Å². The molecular formula is C18H21ClN2O5S. The summed E-state index contributed by atoms with van der Waals surface area (Å²) >= 11 is 6.05. The third kappa shape index (κ3) is 5.27. The van der Waals surface area contributed by atoms with Gasteiger partial charge in [0.15, 0.2) is 9.84 Å². The quantitative estimate of drug-likeness (QED) is 0.725. The average Bonchev–Trinajstić information content (AvgIpc) is 2.61. The fourth-order valence-electron chi connectivity index (χ4n) is 2.35. The molecule has 0 saturated carbocycles. The summed E-state index contributed by atoms with van der Waals surface area (Å²) in [4.78, 5) is 12.5. The van der Waals surface area contributed by atoms with Crippen molar-refractivity contribution in [2.24, 2.45) is 0 Å². The van der Waals surface area contributed by atoms with E-state index < -0.39 is 9.84 Å². The first-order chi connectivity index (χ1) is 12.7. The Kier molecular flexibility index (Phi) is 6.56. The van der Waals surface area contributed by atoms with Crippen molar-refractivity contribution in [3.8, 4) is 11.5 Å². The molecule has 0 spiro atoms. The van der Waals surface area contributed by atoms with Crippen LogP contribution >= 0.6 is 11.6 Å². The number of hydrogen-bond donors (Lipinski definition) is 2. The fraction of sp³-hybridized carbons (Fsp3) is 0.278. The highest BCUT2D eigenvalue weighted by atomic mass is 35.5. The molecule has 146 valence electrons. The van der Waals surface area contributed by atoms with Crippen LogP contribution in [0.15, 0.2) is 35.2 Å². The van der Waals surface area contributed by atoms with Crippen molar-refractivity contribution in [1.29, 1.82) is 0 Å². The highest BCUT2D eigenvalue weighted by Gasteiger charge is 2.14. The molecule has 0 atom stereocenters. The van der Waals surface area contributed by atoms with E-state index in [0.717, 1.165) is 11.8 Å². The average molecular weight is 413 g/mol. The van der Waals surface area contributed by atoms with Crippen LogP contribution in [0.3, 0.4) is 0 Å². The van der Waals surface area contributed by atoms with Gasteiger partial charge in [-0.2, -0.15) is 0 Å². The van der Waals surface area contributed by atoms with Gasteiger partial charge in [0.1, 0.15) is 11.5 Å². The second-order valence-corrected chi connectivity index (χ2v) is 8.26. The third-order valence-electron chi connectivity index (χ3n) is 3.82. The van der Waals surface area contributed by atoms with Crippen molar-refractivity contribution in [2.45, 2.75) is 11.8 Å². The first-order valence-corrected chi connectivity index (χ1v) is 10.2. The number of benzene rings is 2. The van der Waals surface area contributed by atoms with E-state index >= 15 is 0 Å². The number of nitrogens with one attached hydrogen (secondary N) is 2. The standard InChI is InChI=1S/C18H21ClN2O5S/c1-11-5-6-12(27(4,23)24)7-14(11)20-10-18(22)21-15-9-16(25-2)13(19)8-17(15)26-3/h5-9,20H,10H2,1-4H3,(H,21,22). The van der Waals surface area contributed by atoms with Crippen molar-refractivity contribution in [1.82, 2.24) is 0 Å². The molecule has 0 radical (unpaired) electrons. The molecule has 7 nitrogen and oxygen atoms in total. The molecule has 0 aliphatic rings. The molecule has 0 bridgehead atoms. The van der Waals surface area contributed by atoms with E-state index in [1.54, 1.807) is 18.2 Å². The molecule has 9 heteroatoms. The number of ether oxygens (including phenoxy) is 2. The number of aryl methyl sites for hydroxylation is 1. The van der Waals surface area contributed by atoms with Crippen LogP contribution in [0.2, 0.25) is 5.02 Å². The molecule has 0 saturated heterocycles. The largest absolute Gasteiger partial charge is 0.495 e. The Balaban J connectivity index is 2.14. The number of carbonyl (C=O) groups excluding carboxylic acids is 1. The number of methoxy groups -OCH3 is 2. The van der Waals surface area contributed by atoms with Gasteiger partial charge < -0.3 is 20.1 Å². The Labute approximate surface area is 163 Å². The molecular weight excluding hydrogens is 392 g/mol. The lowest BCUT2D eigenvalue weighted by Gasteiger charge is -2.14. The lowest BCUT2D eigenvalue weighted by Crippen LogP contribution is -2.22. The van der Waals surface area contributed by atoms with E-state index in [9.17, 15) is 13.2 Å². The van der Waals surface area contributed by atoms with Gasteiger partial charge in [-0.1, -0.05) is 17.7 Å². The highest BCUT2D eigenvalue weighted by molar-refractivity contribution is 7.90. The van der Waals surface area contributed by atoms with Crippen molar-refractivity contribution >= 4 is 38.7 Å². The topological polar surface area (TPSA) is 93.7 Å². The van der Waals surface area contributed by atoms with Crippen LogP contribution in [-0.4, -0.2) is 41.3 Å². The van der Waals surface area contributed by atoms with Crippen LogP contribution in [0, 0.1) is 6.92 Å². The number of rotatable bonds is 7. The van der Waals surface area contributed by atoms with Gasteiger partial charge in [0.25, 0.3) is 0 Å². The van der Waals surface area contributed by atoms with E-state index in [1.165, 1.54) is 26.4 Å². The van der Waals surface area contributed by atoms with E-state index in [-0.39, 0.29) is 17.3 Å². The first kappa shape index (κ1) is 20.9. The number of amides is 1. The number of anilines is 2. The van der Waals surface area contributed by atoms with Crippen LogP contribution in [0.5, 0.6) is 11.5 Å². The Morgan fingerprint density at radius 1 is 1.07 bits per heavy atom. The molecule has 2 aromatic carbocycles. The van der Waals surface area contributed by atoms with E-state index in [2.05, 4.69) is 10.6 Å². The Hall–Kier alpha value is -2.45. The zero-order valence-corrected chi connectivity index (χ0v) is 17.0. The lowest BCUT2D eigenvalue weighted by atomic mass is 10.2. The smallest absolute Gasteiger partial charge is 0.243 e. The summed E-state index contributed by atoms with van der Waals surface area (Å²) < 4.78 is 33.7. The molecule has 0 aliphatic heterocycles. The molecule has 2 aromatic rings. The van der Waals surface area contributed by atoms with Crippen LogP contribution in [0.4, 0.5) is 11.4 Å².